The van der Waals surface area contributed by atoms with Crippen LogP contribution in [0.2, 0.25) is 0 Å². The summed E-state index contributed by atoms with van der Waals surface area (Å²) in [6, 6.07) is 10.3. The highest BCUT2D eigenvalue weighted by Gasteiger charge is 2.10. The first-order valence-electron chi connectivity index (χ1n) is 6.88. The number of halogens is 1. The highest BCUT2D eigenvalue weighted by molar-refractivity contribution is 9.10. The van der Waals surface area contributed by atoms with Crippen LogP contribution in [0.5, 0.6) is 0 Å². The normalized spacial score (nSPS) is 11.9. The Morgan fingerprint density at radius 1 is 1.32 bits per heavy atom. The van der Waals surface area contributed by atoms with Gasteiger partial charge in [-0.25, -0.2) is 0 Å². The number of aryl methyl sites for hydroxylation is 1. The van der Waals surface area contributed by atoms with E-state index in [1.165, 1.54) is 10.4 Å². The lowest BCUT2D eigenvalue weighted by atomic mass is 10.0. The zero-order valence-electron chi connectivity index (χ0n) is 12.5. The van der Waals surface area contributed by atoms with Gasteiger partial charge < -0.3 is 5.11 Å². The monoisotopic (exact) mass is 379 g/mol. The third-order valence-electron chi connectivity index (χ3n) is 3.27. The molecule has 0 bridgehead atoms. The molecule has 0 saturated heterocycles. The average Bonchev–Trinajstić information content (AvgIpc) is 2.86. The maximum atomic E-state index is 10.8. The van der Waals surface area contributed by atoms with Gasteiger partial charge >= 0.3 is 5.97 Å². The van der Waals surface area contributed by atoms with E-state index < -0.39 is 5.97 Å². The van der Waals surface area contributed by atoms with Crippen LogP contribution in [0.4, 0.5) is 0 Å². The van der Waals surface area contributed by atoms with Gasteiger partial charge in [0.05, 0.1) is 6.54 Å². The van der Waals surface area contributed by atoms with Crippen LogP contribution in [0.25, 0.3) is 5.57 Å². The molecule has 1 heterocycles. The van der Waals surface area contributed by atoms with E-state index in [-0.39, 0.29) is 6.54 Å². The number of thiophene rings is 1. The summed E-state index contributed by atoms with van der Waals surface area (Å²) >= 11 is 5.16. The Bertz CT molecular complexity index is 676. The average molecular weight is 380 g/mol. The van der Waals surface area contributed by atoms with Crippen LogP contribution in [-0.2, 0) is 4.79 Å². The number of hydrogen-bond donors (Lipinski definition) is 1. The van der Waals surface area contributed by atoms with Crippen molar-refractivity contribution in [1.29, 1.82) is 0 Å². The molecule has 0 aliphatic rings. The van der Waals surface area contributed by atoms with Gasteiger partial charge in [-0.2, -0.15) is 0 Å². The molecule has 0 spiro atoms. The minimum absolute atomic E-state index is 0.0353. The Kier molecular flexibility index (Phi) is 5.94. The molecule has 0 saturated carbocycles. The fourth-order valence-corrected chi connectivity index (χ4v) is 3.42. The molecule has 22 heavy (non-hydrogen) atoms. The third-order valence-corrected chi connectivity index (χ3v) is 4.85. The van der Waals surface area contributed by atoms with Crippen molar-refractivity contribution in [1.82, 2.24) is 4.90 Å². The van der Waals surface area contributed by atoms with Gasteiger partial charge in [-0.1, -0.05) is 34.1 Å². The van der Waals surface area contributed by atoms with Gasteiger partial charge in [0.15, 0.2) is 0 Å². The first kappa shape index (κ1) is 16.9. The number of carboxylic acids is 1. The standard InChI is InChI=1S/C17H18BrNO2S/c1-12-8-10-22-17(12)15(7-9-19(2)11-16(20)21)13-3-5-14(18)6-4-13/h3-8,10H,9,11H2,1-2H3,(H,20,21)/b15-7-. The minimum Gasteiger partial charge on any atom is -0.480 e. The lowest BCUT2D eigenvalue weighted by Gasteiger charge is -2.14. The Morgan fingerprint density at radius 3 is 2.55 bits per heavy atom. The van der Waals surface area contributed by atoms with Crippen LogP contribution < -0.4 is 0 Å². The van der Waals surface area contributed by atoms with Gasteiger partial charge in [0, 0.05) is 15.9 Å². The van der Waals surface area contributed by atoms with Gasteiger partial charge in [0.1, 0.15) is 0 Å². The van der Waals surface area contributed by atoms with Crippen molar-refractivity contribution in [2.75, 3.05) is 20.1 Å². The number of nitrogens with zero attached hydrogens (tertiary/aromatic N) is 1. The van der Waals surface area contributed by atoms with Crippen LogP contribution in [-0.4, -0.2) is 36.1 Å². The molecule has 0 aliphatic heterocycles. The molecule has 1 aromatic heterocycles. The van der Waals surface area contributed by atoms with Gasteiger partial charge in [0.25, 0.3) is 0 Å². The summed E-state index contributed by atoms with van der Waals surface area (Å²) in [6.45, 7) is 2.72. The highest BCUT2D eigenvalue weighted by atomic mass is 79.9. The summed E-state index contributed by atoms with van der Waals surface area (Å²) in [4.78, 5) is 13.8. The molecule has 0 atom stereocenters. The Balaban J connectivity index is 2.32. The topological polar surface area (TPSA) is 40.5 Å². The quantitative estimate of drug-likeness (QED) is 0.814. The van der Waals surface area contributed by atoms with Crippen molar-refractivity contribution in [3.05, 3.63) is 62.3 Å². The number of carboxylic acid groups (broad SMARTS) is 1. The minimum atomic E-state index is -0.812. The number of benzene rings is 1. The Morgan fingerprint density at radius 2 is 2.00 bits per heavy atom. The molecule has 2 rings (SSSR count). The second-order valence-electron chi connectivity index (χ2n) is 5.15. The van der Waals surface area contributed by atoms with Crippen molar-refractivity contribution in [2.45, 2.75) is 6.92 Å². The second-order valence-corrected chi connectivity index (χ2v) is 6.98. The van der Waals surface area contributed by atoms with Crippen LogP contribution in [0.1, 0.15) is 16.0 Å². The molecular formula is C17H18BrNO2S. The molecule has 0 fully saturated rings. The maximum absolute atomic E-state index is 10.8. The molecule has 3 nitrogen and oxygen atoms in total. The molecule has 0 amide bonds. The molecule has 2 aromatic rings. The molecule has 0 unspecified atom stereocenters. The SMILES string of the molecule is Cc1ccsc1/C(=C\CN(C)CC(=O)O)c1ccc(Br)cc1. The van der Waals surface area contributed by atoms with Crippen molar-refractivity contribution in [2.24, 2.45) is 0 Å². The zero-order chi connectivity index (χ0) is 16.1. The van der Waals surface area contributed by atoms with E-state index in [9.17, 15) is 4.79 Å². The molecule has 116 valence electrons. The zero-order valence-corrected chi connectivity index (χ0v) is 14.9. The van der Waals surface area contributed by atoms with Crippen molar-refractivity contribution in [3.8, 4) is 0 Å². The second kappa shape index (κ2) is 7.72. The molecule has 1 N–H and O–H groups in total. The third kappa shape index (κ3) is 4.53. The summed E-state index contributed by atoms with van der Waals surface area (Å²) in [6.07, 6.45) is 2.10. The predicted octanol–water partition coefficient (Wildman–Crippen LogP) is 4.27. The first-order valence-corrected chi connectivity index (χ1v) is 8.55. The predicted molar refractivity (Wildman–Crippen MR) is 95.4 cm³/mol. The van der Waals surface area contributed by atoms with E-state index in [2.05, 4.69) is 52.5 Å². The lowest BCUT2D eigenvalue weighted by Crippen LogP contribution is -2.25. The van der Waals surface area contributed by atoms with Crippen LogP contribution >= 0.6 is 27.3 Å². The summed E-state index contributed by atoms with van der Waals surface area (Å²) in [5.74, 6) is -0.812. The first-order chi connectivity index (χ1) is 10.5. The fraction of sp³-hybridized carbons (Fsp3) is 0.235. The van der Waals surface area contributed by atoms with Crippen molar-refractivity contribution in [3.63, 3.8) is 0 Å². The summed E-state index contributed by atoms with van der Waals surface area (Å²) in [5.41, 5.74) is 3.52. The van der Waals surface area contributed by atoms with E-state index in [0.717, 1.165) is 15.6 Å². The number of aliphatic carboxylic acids is 1. The molecule has 0 aliphatic carbocycles. The van der Waals surface area contributed by atoms with Crippen molar-refractivity contribution >= 4 is 38.8 Å². The van der Waals surface area contributed by atoms with Gasteiger partial charge in [-0.15, -0.1) is 11.3 Å². The number of carbonyl (C=O) groups is 1. The van der Waals surface area contributed by atoms with E-state index in [1.807, 2.05) is 19.2 Å². The molecule has 5 heteroatoms. The lowest BCUT2D eigenvalue weighted by molar-refractivity contribution is -0.137. The maximum Gasteiger partial charge on any atom is 0.317 e. The smallest absolute Gasteiger partial charge is 0.317 e. The van der Waals surface area contributed by atoms with Gasteiger partial charge in [0.2, 0.25) is 0 Å². The number of rotatable bonds is 6. The van der Waals surface area contributed by atoms with Gasteiger partial charge in [-0.3, -0.25) is 9.69 Å². The highest BCUT2D eigenvalue weighted by Crippen LogP contribution is 2.31. The Labute approximate surface area is 143 Å². The van der Waals surface area contributed by atoms with Crippen LogP contribution in [0.15, 0.2) is 46.3 Å². The molecule has 1 aromatic carbocycles. The summed E-state index contributed by atoms with van der Waals surface area (Å²) < 4.78 is 1.04. The largest absolute Gasteiger partial charge is 0.480 e. The van der Waals surface area contributed by atoms with Crippen molar-refractivity contribution < 1.29 is 9.90 Å². The number of likely N-dealkylation sites (N-methyl/N-ethyl adjacent to an activating group) is 1. The molecule has 0 radical (unpaired) electrons. The van der Waals surface area contributed by atoms with Crippen LogP contribution in [0, 0.1) is 6.92 Å². The van der Waals surface area contributed by atoms with Crippen LogP contribution in [0.3, 0.4) is 0 Å². The van der Waals surface area contributed by atoms with E-state index in [4.69, 9.17) is 5.11 Å². The number of hydrogen-bond acceptors (Lipinski definition) is 3. The van der Waals surface area contributed by atoms with E-state index in [1.54, 1.807) is 16.2 Å². The Hall–Kier alpha value is -1.43. The van der Waals surface area contributed by atoms with Gasteiger partial charge in [-0.05, 0) is 54.3 Å². The fourth-order valence-electron chi connectivity index (χ4n) is 2.16. The van der Waals surface area contributed by atoms with E-state index in [0.29, 0.717) is 6.54 Å². The van der Waals surface area contributed by atoms with E-state index >= 15 is 0 Å². The molecular weight excluding hydrogens is 362 g/mol. The summed E-state index contributed by atoms with van der Waals surface area (Å²) in [7, 11) is 1.81. The summed E-state index contributed by atoms with van der Waals surface area (Å²) in [5, 5.41) is 10.9.